The molecular formula is C25H29N5O3. The Bertz CT molecular complexity index is 1110. The smallest absolute Gasteiger partial charge is 0.317 e. The molecule has 0 amide bonds. The average molecular weight is 448 g/mol. The summed E-state index contributed by atoms with van der Waals surface area (Å²) < 4.78 is 18.0. The van der Waals surface area contributed by atoms with Crippen molar-refractivity contribution in [2.75, 3.05) is 13.2 Å². The minimum atomic E-state index is 0.0909. The third kappa shape index (κ3) is 6.09. The van der Waals surface area contributed by atoms with E-state index in [-0.39, 0.29) is 12.1 Å². The summed E-state index contributed by atoms with van der Waals surface area (Å²) >= 11 is 0. The van der Waals surface area contributed by atoms with Crippen LogP contribution in [0.1, 0.15) is 43.2 Å². The summed E-state index contributed by atoms with van der Waals surface area (Å²) in [5, 5.41) is 9.81. The van der Waals surface area contributed by atoms with E-state index in [1.165, 1.54) is 0 Å². The summed E-state index contributed by atoms with van der Waals surface area (Å²) in [4.78, 5) is 9.00. The Kier molecular flexibility index (Phi) is 7.55. The number of hydrogen-bond acceptors (Lipinski definition) is 8. The first-order valence-corrected chi connectivity index (χ1v) is 11.3. The molecule has 1 aliphatic carbocycles. The van der Waals surface area contributed by atoms with Crippen LogP contribution in [0.4, 0.5) is 0 Å². The van der Waals surface area contributed by atoms with Gasteiger partial charge in [0.05, 0.1) is 23.8 Å². The van der Waals surface area contributed by atoms with Gasteiger partial charge in [-0.2, -0.15) is 10.2 Å². The number of nitrogens with zero attached hydrogens (tertiary/aromatic N) is 3. The second kappa shape index (κ2) is 10.9. The minimum absolute atomic E-state index is 0.0909. The molecule has 0 saturated heterocycles. The van der Waals surface area contributed by atoms with Gasteiger partial charge in [0, 0.05) is 23.7 Å². The molecule has 0 bridgehead atoms. The van der Waals surface area contributed by atoms with Crippen LogP contribution >= 0.6 is 0 Å². The van der Waals surface area contributed by atoms with E-state index in [4.69, 9.17) is 30.9 Å². The highest BCUT2D eigenvalue weighted by atomic mass is 16.5. The van der Waals surface area contributed by atoms with E-state index in [9.17, 15) is 0 Å². The van der Waals surface area contributed by atoms with Gasteiger partial charge in [-0.05, 0) is 62.4 Å². The molecule has 0 spiro atoms. The highest BCUT2D eigenvalue weighted by Crippen LogP contribution is 2.33. The molecule has 3 aromatic rings. The molecule has 0 radical (unpaired) electrons. The number of nitriles is 1. The van der Waals surface area contributed by atoms with E-state index in [1.54, 1.807) is 18.3 Å². The molecule has 0 aliphatic heterocycles. The van der Waals surface area contributed by atoms with Gasteiger partial charge < -0.3 is 25.7 Å². The van der Waals surface area contributed by atoms with Crippen molar-refractivity contribution in [2.45, 2.75) is 50.9 Å². The van der Waals surface area contributed by atoms with E-state index in [1.807, 2.05) is 24.3 Å². The highest BCUT2D eigenvalue weighted by Gasteiger charge is 2.21. The highest BCUT2D eigenvalue weighted by molar-refractivity contribution is 5.82. The predicted molar refractivity (Wildman–Crippen MR) is 125 cm³/mol. The number of aromatic nitrogens is 2. The maximum absolute atomic E-state index is 8.98. The Morgan fingerprint density at radius 3 is 2.52 bits per heavy atom. The third-order valence-electron chi connectivity index (χ3n) is 5.70. The molecule has 4 rings (SSSR count). The lowest BCUT2D eigenvalue weighted by Crippen LogP contribution is -2.32. The van der Waals surface area contributed by atoms with Gasteiger partial charge in [0.1, 0.15) is 12.7 Å². The van der Waals surface area contributed by atoms with Crippen molar-refractivity contribution in [1.82, 2.24) is 9.97 Å². The number of benzene rings is 2. The van der Waals surface area contributed by atoms with Gasteiger partial charge in [0.2, 0.25) is 0 Å². The molecular weight excluding hydrogens is 418 g/mol. The first-order chi connectivity index (χ1) is 16.1. The van der Waals surface area contributed by atoms with Gasteiger partial charge in [-0.3, -0.25) is 0 Å². The van der Waals surface area contributed by atoms with Gasteiger partial charge in [0.15, 0.2) is 11.5 Å². The topological polar surface area (TPSA) is 129 Å². The fourth-order valence-electron chi connectivity index (χ4n) is 3.76. The number of ether oxygens (including phenoxy) is 3. The van der Waals surface area contributed by atoms with Crippen LogP contribution in [0.15, 0.2) is 42.6 Å². The van der Waals surface area contributed by atoms with E-state index in [0.29, 0.717) is 48.3 Å². The van der Waals surface area contributed by atoms with Crippen molar-refractivity contribution in [3.63, 3.8) is 0 Å². The number of fused-ring (bicyclic) bond motifs is 1. The minimum Gasteiger partial charge on any atom is -0.490 e. The van der Waals surface area contributed by atoms with Crippen molar-refractivity contribution < 1.29 is 14.2 Å². The molecule has 1 heterocycles. The molecule has 2 aromatic carbocycles. The van der Waals surface area contributed by atoms with E-state index in [0.717, 1.165) is 43.1 Å². The van der Waals surface area contributed by atoms with Crippen LogP contribution in [0.5, 0.6) is 17.5 Å². The maximum atomic E-state index is 8.98. The molecule has 8 heteroatoms. The van der Waals surface area contributed by atoms with Crippen LogP contribution in [0.3, 0.4) is 0 Å². The van der Waals surface area contributed by atoms with Gasteiger partial charge in [-0.1, -0.05) is 12.1 Å². The lowest BCUT2D eigenvalue weighted by atomic mass is 9.94. The standard InChI is InChI=1S/C25H29N5O3/c26-10-1-11-31-23-12-19-15-29-25(33-21-8-6-20(28)7-9-21)30-22(19)13-24(23)32-16-18-4-2-17(14-27)3-5-18/h2-5,12-13,15,20-21H,1,6-11,16,26,28H2. The predicted octanol–water partition coefficient (Wildman–Crippen LogP) is 3.46. The fraction of sp³-hybridized carbons (Fsp3) is 0.400. The van der Waals surface area contributed by atoms with Crippen molar-refractivity contribution in [3.8, 4) is 23.6 Å². The zero-order valence-electron chi connectivity index (χ0n) is 18.6. The van der Waals surface area contributed by atoms with Crippen LogP contribution < -0.4 is 25.7 Å². The van der Waals surface area contributed by atoms with Crippen LogP contribution in [0.25, 0.3) is 10.9 Å². The molecule has 1 aliphatic rings. The third-order valence-corrected chi connectivity index (χ3v) is 5.70. The Balaban J connectivity index is 1.54. The maximum Gasteiger partial charge on any atom is 0.317 e. The normalized spacial score (nSPS) is 18.0. The van der Waals surface area contributed by atoms with Crippen LogP contribution in [0, 0.1) is 11.3 Å². The quantitative estimate of drug-likeness (QED) is 0.477. The summed E-state index contributed by atoms with van der Waals surface area (Å²) in [5.74, 6) is 1.19. The molecule has 33 heavy (non-hydrogen) atoms. The average Bonchev–Trinajstić information content (AvgIpc) is 2.84. The Hall–Kier alpha value is -3.41. The Morgan fingerprint density at radius 2 is 1.79 bits per heavy atom. The number of hydrogen-bond donors (Lipinski definition) is 2. The Labute approximate surface area is 193 Å². The Morgan fingerprint density at radius 1 is 1.03 bits per heavy atom. The molecule has 4 N–H and O–H groups in total. The lowest BCUT2D eigenvalue weighted by molar-refractivity contribution is 0.135. The van der Waals surface area contributed by atoms with E-state index in [2.05, 4.69) is 16.0 Å². The van der Waals surface area contributed by atoms with Gasteiger partial charge in [-0.15, -0.1) is 0 Å². The number of nitrogens with two attached hydrogens (primary N) is 2. The fourth-order valence-corrected chi connectivity index (χ4v) is 3.76. The van der Waals surface area contributed by atoms with Crippen molar-refractivity contribution in [2.24, 2.45) is 11.5 Å². The van der Waals surface area contributed by atoms with Crippen molar-refractivity contribution >= 4 is 10.9 Å². The van der Waals surface area contributed by atoms with Crippen LogP contribution in [0.2, 0.25) is 0 Å². The van der Waals surface area contributed by atoms with E-state index >= 15 is 0 Å². The van der Waals surface area contributed by atoms with Crippen molar-refractivity contribution in [1.29, 1.82) is 5.26 Å². The second-order valence-electron chi connectivity index (χ2n) is 8.25. The second-order valence-corrected chi connectivity index (χ2v) is 8.25. The first-order valence-electron chi connectivity index (χ1n) is 11.3. The molecule has 8 nitrogen and oxygen atoms in total. The molecule has 1 fully saturated rings. The summed E-state index contributed by atoms with van der Waals surface area (Å²) in [6, 6.07) is 13.8. The number of rotatable bonds is 9. The molecule has 0 unspecified atom stereocenters. The van der Waals surface area contributed by atoms with Crippen LogP contribution in [-0.4, -0.2) is 35.3 Å². The van der Waals surface area contributed by atoms with Gasteiger partial charge >= 0.3 is 6.01 Å². The molecule has 1 aromatic heterocycles. The van der Waals surface area contributed by atoms with E-state index < -0.39 is 0 Å². The zero-order chi connectivity index (χ0) is 23.0. The summed E-state index contributed by atoms with van der Waals surface area (Å²) in [7, 11) is 0. The summed E-state index contributed by atoms with van der Waals surface area (Å²) in [6.07, 6.45) is 6.30. The summed E-state index contributed by atoms with van der Waals surface area (Å²) in [6.45, 7) is 1.37. The lowest BCUT2D eigenvalue weighted by Gasteiger charge is -2.25. The molecule has 1 saturated carbocycles. The molecule has 0 atom stereocenters. The summed E-state index contributed by atoms with van der Waals surface area (Å²) in [5.41, 5.74) is 13.9. The van der Waals surface area contributed by atoms with Crippen LogP contribution in [-0.2, 0) is 6.61 Å². The van der Waals surface area contributed by atoms with Gasteiger partial charge in [-0.25, -0.2) is 4.98 Å². The SMILES string of the molecule is N#Cc1ccc(COc2cc3nc(OC4CCC(N)CC4)ncc3cc2OCCCN)cc1. The monoisotopic (exact) mass is 447 g/mol. The van der Waals surface area contributed by atoms with Gasteiger partial charge in [0.25, 0.3) is 0 Å². The first kappa shape index (κ1) is 22.8. The molecule has 172 valence electrons. The van der Waals surface area contributed by atoms with Crippen molar-refractivity contribution in [3.05, 3.63) is 53.7 Å². The zero-order valence-corrected chi connectivity index (χ0v) is 18.6. The largest absolute Gasteiger partial charge is 0.490 e.